The van der Waals surface area contributed by atoms with Crippen molar-refractivity contribution in [2.24, 2.45) is 0 Å². The summed E-state index contributed by atoms with van der Waals surface area (Å²) in [5.74, 6) is 0.750. The fourth-order valence-corrected chi connectivity index (χ4v) is 4.52. The van der Waals surface area contributed by atoms with Gasteiger partial charge in [-0.25, -0.2) is 8.42 Å². The Labute approximate surface area is 170 Å². The number of nitrogens with one attached hydrogen (secondary N) is 2. The fourth-order valence-electron chi connectivity index (χ4n) is 3.31. The maximum atomic E-state index is 13.1. The largest absolute Gasteiger partial charge is 0.497 e. The topological polar surface area (TPSA) is 71.2 Å². The minimum absolute atomic E-state index is 0.238. The fraction of sp³-hybridized carbons (Fsp3) is 0.130. The molecule has 5 nitrogen and oxygen atoms in total. The lowest BCUT2D eigenvalue weighted by Crippen LogP contribution is -2.29. The van der Waals surface area contributed by atoms with Gasteiger partial charge < -0.3 is 9.72 Å². The molecular weight excluding hydrogens is 384 g/mol. The van der Waals surface area contributed by atoms with Crippen LogP contribution in [0.4, 0.5) is 0 Å². The van der Waals surface area contributed by atoms with Crippen LogP contribution in [0.3, 0.4) is 0 Å². The number of H-pyrrole nitrogens is 1. The average molecular weight is 407 g/mol. The molecule has 29 heavy (non-hydrogen) atoms. The van der Waals surface area contributed by atoms with Gasteiger partial charge in [0.25, 0.3) is 0 Å². The summed E-state index contributed by atoms with van der Waals surface area (Å²) >= 11 is 0. The predicted octanol–water partition coefficient (Wildman–Crippen LogP) is 4.55. The first-order valence-corrected chi connectivity index (χ1v) is 10.8. The highest BCUT2D eigenvalue weighted by Gasteiger charge is 2.24. The van der Waals surface area contributed by atoms with Crippen molar-refractivity contribution in [3.8, 4) is 5.75 Å². The minimum Gasteiger partial charge on any atom is -0.497 e. The smallest absolute Gasteiger partial charge is 0.241 e. The van der Waals surface area contributed by atoms with Crippen molar-refractivity contribution >= 4 is 20.9 Å². The number of aromatic amines is 1. The van der Waals surface area contributed by atoms with Gasteiger partial charge in [0, 0.05) is 16.6 Å². The first-order chi connectivity index (χ1) is 14.0. The Morgan fingerprint density at radius 1 is 0.931 bits per heavy atom. The average Bonchev–Trinajstić information content (AvgIpc) is 3.16. The zero-order chi connectivity index (χ0) is 20.4. The van der Waals surface area contributed by atoms with Crippen molar-refractivity contribution in [2.75, 3.05) is 7.11 Å². The number of benzene rings is 3. The van der Waals surface area contributed by atoms with Crippen LogP contribution in [0.5, 0.6) is 5.75 Å². The van der Waals surface area contributed by atoms with Crippen LogP contribution < -0.4 is 9.46 Å². The van der Waals surface area contributed by atoms with Crippen LogP contribution >= 0.6 is 0 Å². The number of methoxy groups -OCH3 is 1. The molecule has 0 aliphatic rings. The number of aromatic nitrogens is 1. The van der Waals surface area contributed by atoms with E-state index in [9.17, 15) is 8.42 Å². The lowest BCUT2D eigenvalue weighted by molar-refractivity contribution is 0.415. The van der Waals surface area contributed by atoms with E-state index >= 15 is 0 Å². The Balaban J connectivity index is 1.77. The van der Waals surface area contributed by atoms with Gasteiger partial charge in [-0.3, -0.25) is 0 Å². The molecule has 1 heterocycles. The molecule has 0 spiro atoms. The van der Waals surface area contributed by atoms with Crippen LogP contribution in [0.15, 0.2) is 83.8 Å². The van der Waals surface area contributed by atoms with E-state index in [-0.39, 0.29) is 4.90 Å². The molecular formula is C23H22N2O3S. The third kappa shape index (κ3) is 4.04. The summed E-state index contributed by atoms with van der Waals surface area (Å²) in [5, 5.41) is 0.954. The molecule has 0 aliphatic heterocycles. The van der Waals surface area contributed by atoms with Gasteiger partial charge in [0.1, 0.15) is 5.75 Å². The summed E-state index contributed by atoms with van der Waals surface area (Å²) < 4.78 is 34.3. The van der Waals surface area contributed by atoms with Gasteiger partial charge in [0.15, 0.2) is 0 Å². The van der Waals surface area contributed by atoms with E-state index in [0.29, 0.717) is 0 Å². The van der Waals surface area contributed by atoms with Crippen molar-refractivity contribution in [1.29, 1.82) is 0 Å². The van der Waals surface area contributed by atoms with Gasteiger partial charge in [-0.05, 0) is 48.9 Å². The number of rotatable bonds is 6. The van der Waals surface area contributed by atoms with E-state index in [1.165, 1.54) is 0 Å². The lowest BCUT2D eigenvalue weighted by atomic mass is 10.0. The van der Waals surface area contributed by atoms with Crippen molar-refractivity contribution in [1.82, 2.24) is 9.71 Å². The molecule has 0 aliphatic carbocycles. The van der Waals surface area contributed by atoms with Crippen LogP contribution in [0.1, 0.15) is 22.9 Å². The quantitative estimate of drug-likeness (QED) is 0.493. The van der Waals surface area contributed by atoms with Gasteiger partial charge >= 0.3 is 0 Å². The van der Waals surface area contributed by atoms with E-state index in [0.717, 1.165) is 33.5 Å². The second-order valence-corrected chi connectivity index (χ2v) is 8.67. The number of ether oxygens (including phenoxy) is 1. The highest BCUT2D eigenvalue weighted by molar-refractivity contribution is 7.89. The molecule has 0 amide bonds. The molecule has 0 unspecified atom stereocenters. The monoisotopic (exact) mass is 406 g/mol. The van der Waals surface area contributed by atoms with E-state index < -0.39 is 16.1 Å². The van der Waals surface area contributed by atoms with E-state index in [4.69, 9.17) is 4.74 Å². The molecule has 4 aromatic rings. The standard InChI is InChI=1S/C23H22N2O3S/c1-16-8-11-20(12-9-16)29(26,27)25-23(17-6-4-3-5-7-17)22-15-18-14-19(28-2)10-13-21(18)24-22/h3-15,23-25H,1-2H3/t23-/m1/s1. The molecule has 0 saturated heterocycles. The van der Waals surface area contributed by atoms with Crippen molar-refractivity contribution in [3.63, 3.8) is 0 Å². The van der Waals surface area contributed by atoms with Gasteiger partial charge in [-0.15, -0.1) is 0 Å². The Morgan fingerprint density at radius 2 is 1.66 bits per heavy atom. The van der Waals surface area contributed by atoms with Gasteiger partial charge in [0.2, 0.25) is 10.0 Å². The Bertz CT molecular complexity index is 1230. The Kier molecular flexibility index (Phi) is 5.13. The number of sulfonamides is 1. The number of fused-ring (bicyclic) bond motifs is 1. The molecule has 1 atom stereocenters. The molecule has 2 N–H and O–H groups in total. The summed E-state index contributed by atoms with van der Waals surface area (Å²) in [5.41, 5.74) is 3.53. The van der Waals surface area contributed by atoms with Crippen LogP contribution in [0.2, 0.25) is 0 Å². The Morgan fingerprint density at radius 3 is 2.34 bits per heavy atom. The molecule has 0 bridgehead atoms. The number of hydrogen-bond donors (Lipinski definition) is 2. The van der Waals surface area contributed by atoms with E-state index in [2.05, 4.69) is 9.71 Å². The van der Waals surface area contributed by atoms with E-state index in [1.54, 1.807) is 31.4 Å². The summed E-state index contributed by atoms with van der Waals surface area (Å²) in [7, 11) is -2.10. The van der Waals surface area contributed by atoms with Gasteiger partial charge in [0.05, 0.1) is 18.0 Å². The maximum Gasteiger partial charge on any atom is 0.241 e. The van der Waals surface area contributed by atoms with Crippen molar-refractivity contribution in [3.05, 3.63) is 95.7 Å². The first-order valence-electron chi connectivity index (χ1n) is 9.27. The molecule has 3 aromatic carbocycles. The summed E-state index contributed by atoms with van der Waals surface area (Å²) in [6.45, 7) is 1.93. The molecule has 1 aromatic heterocycles. The summed E-state index contributed by atoms with van der Waals surface area (Å²) in [6, 6.07) is 23.5. The predicted molar refractivity (Wildman–Crippen MR) is 115 cm³/mol. The normalized spacial score (nSPS) is 12.8. The number of aryl methyl sites for hydroxylation is 1. The van der Waals surface area contributed by atoms with E-state index in [1.807, 2.05) is 61.5 Å². The molecule has 6 heteroatoms. The molecule has 0 saturated carbocycles. The third-order valence-corrected chi connectivity index (χ3v) is 6.34. The highest BCUT2D eigenvalue weighted by atomic mass is 32.2. The summed E-state index contributed by atoms with van der Waals surface area (Å²) in [4.78, 5) is 3.58. The summed E-state index contributed by atoms with van der Waals surface area (Å²) in [6.07, 6.45) is 0. The third-order valence-electron chi connectivity index (χ3n) is 4.90. The number of hydrogen-bond acceptors (Lipinski definition) is 3. The molecule has 148 valence electrons. The Hall–Kier alpha value is -3.09. The highest BCUT2D eigenvalue weighted by Crippen LogP contribution is 2.29. The van der Waals surface area contributed by atoms with Gasteiger partial charge in [-0.1, -0.05) is 48.0 Å². The minimum atomic E-state index is -3.72. The van der Waals surface area contributed by atoms with Crippen molar-refractivity contribution < 1.29 is 13.2 Å². The van der Waals surface area contributed by atoms with Crippen LogP contribution in [-0.4, -0.2) is 20.5 Å². The maximum absolute atomic E-state index is 13.1. The molecule has 4 rings (SSSR count). The second-order valence-electron chi connectivity index (χ2n) is 6.96. The molecule has 0 fully saturated rings. The first kappa shape index (κ1) is 19.2. The van der Waals surface area contributed by atoms with Gasteiger partial charge in [-0.2, -0.15) is 4.72 Å². The molecule has 0 radical (unpaired) electrons. The van der Waals surface area contributed by atoms with Crippen LogP contribution in [0, 0.1) is 6.92 Å². The zero-order valence-electron chi connectivity index (χ0n) is 16.2. The van der Waals surface area contributed by atoms with Crippen molar-refractivity contribution in [2.45, 2.75) is 17.9 Å². The van der Waals surface area contributed by atoms with Crippen LogP contribution in [0.25, 0.3) is 10.9 Å². The van der Waals surface area contributed by atoms with Crippen LogP contribution in [-0.2, 0) is 10.0 Å². The second kappa shape index (κ2) is 7.73. The SMILES string of the molecule is COc1ccc2[nH]c([C@H](NS(=O)(=O)c3ccc(C)cc3)c3ccccc3)cc2c1. The zero-order valence-corrected chi connectivity index (χ0v) is 17.0. The lowest BCUT2D eigenvalue weighted by Gasteiger charge is -2.18.